The summed E-state index contributed by atoms with van der Waals surface area (Å²) in [6, 6.07) is 75.7. The van der Waals surface area contributed by atoms with E-state index in [0.717, 1.165) is 94.3 Å². The van der Waals surface area contributed by atoms with Crippen molar-refractivity contribution in [3.05, 3.63) is 212 Å². The van der Waals surface area contributed by atoms with Crippen LogP contribution in [-0.4, -0.2) is 0 Å². The maximum absolute atomic E-state index is 7.01. The second-order valence-electron chi connectivity index (χ2n) is 15.3. The van der Waals surface area contributed by atoms with Crippen LogP contribution < -0.4 is 4.90 Å². The molecule has 0 N–H and O–H groups in total. The number of hydrogen-bond donors (Lipinski definition) is 0. The Kier molecular flexibility index (Phi) is 7.54. The lowest BCUT2D eigenvalue weighted by Gasteiger charge is -2.27. The van der Waals surface area contributed by atoms with E-state index in [1.54, 1.807) is 0 Å². The first-order chi connectivity index (χ1) is 29.2. The molecule has 0 atom stereocenters. The van der Waals surface area contributed by atoms with Gasteiger partial charge in [0.05, 0.1) is 11.1 Å². The normalized spacial score (nSPS) is 11.7. The number of furan rings is 2. The maximum atomic E-state index is 7.01. The molecule has 0 bridgehead atoms. The van der Waals surface area contributed by atoms with Gasteiger partial charge in [0.25, 0.3) is 0 Å². The lowest BCUT2D eigenvalue weighted by Crippen LogP contribution is -2.10. The van der Waals surface area contributed by atoms with Crippen LogP contribution in [0.25, 0.3) is 98.8 Å². The molecule has 0 aliphatic heterocycles. The van der Waals surface area contributed by atoms with Gasteiger partial charge in [-0.2, -0.15) is 0 Å². The average Bonchev–Trinajstić information content (AvgIpc) is 3.88. The number of nitrogens with zero attached hydrogens (tertiary/aromatic N) is 1. The van der Waals surface area contributed by atoms with E-state index in [9.17, 15) is 0 Å². The van der Waals surface area contributed by atoms with Crippen LogP contribution in [0.15, 0.2) is 221 Å². The van der Waals surface area contributed by atoms with Crippen molar-refractivity contribution in [2.24, 2.45) is 0 Å². The summed E-state index contributed by atoms with van der Waals surface area (Å²) in [6.07, 6.45) is 0. The standard InChI is InChI=1S/C56H35NO2/c1-4-12-36(13-5-1)41-23-27-47-50-35-44(26-31-52(50)58-53(47)32-41)57(43-25-22-40-21-20-39-18-10-11-19-45(39)49(40)34-43)51-30-29-46(38-16-8-3-9-17-38)56-55(51)48-28-24-42(33-54(48)59-56)37-14-6-2-7-15-37/h1-35H. The van der Waals surface area contributed by atoms with Crippen molar-refractivity contribution >= 4 is 82.5 Å². The Morgan fingerprint density at radius 1 is 0.305 bits per heavy atom. The van der Waals surface area contributed by atoms with Crippen LogP contribution in [0.5, 0.6) is 0 Å². The quantitative estimate of drug-likeness (QED) is 0.158. The van der Waals surface area contributed by atoms with E-state index < -0.39 is 0 Å². The molecule has 0 aliphatic rings. The van der Waals surface area contributed by atoms with Crippen LogP contribution in [0.2, 0.25) is 0 Å². The Morgan fingerprint density at radius 3 is 1.58 bits per heavy atom. The first kappa shape index (κ1) is 33.3. The summed E-state index contributed by atoms with van der Waals surface area (Å²) < 4.78 is 13.6. The average molecular weight is 754 g/mol. The molecule has 12 rings (SSSR count). The van der Waals surface area contributed by atoms with E-state index in [0.29, 0.717) is 0 Å². The Labute approximate surface area is 340 Å². The molecule has 0 spiro atoms. The lowest BCUT2D eigenvalue weighted by atomic mass is 9.98. The third-order valence-electron chi connectivity index (χ3n) is 11.8. The van der Waals surface area contributed by atoms with Crippen LogP contribution in [0.4, 0.5) is 17.1 Å². The number of anilines is 3. The van der Waals surface area contributed by atoms with Gasteiger partial charge in [-0.25, -0.2) is 0 Å². The third-order valence-corrected chi connectivity index (χ3v) is 11.8. The van der Waals surface area contributed by atoms with Crippen molar-refractivity contribution in [2.45, 2.75) is 0 Å². The zero-order valence-corrected chi connectivity index (χ0v) is 32.0. The van der Waals surface area contributed by atoms with E-state index >= 15 is 0 Å². The highest BCUT2D eigenvalue weighted by Crippen LogP contribution is 2.48. The topological polar surface area (TPSA) is 29.5 Å². The first-order valence-electron chi connectivity index (χ1n) is 20.1. The number of rotatable bonds is 6. The summed E-state index contributed by atoms with van der Waals surface area (Å²) >= 11 is 0. The predicted octanol–water partition coefficient (Wildman–Crippen LogP) is 16.3. The lowest BCUT2D eigenvalue weighted by molar-refractivity contribution is 0.669. The zero-order valence-electron chi connectivity index (χ0n) is 32.0. The molecule has 0 saturated heterocycles. The fourth-order valence-electron chi connectivity index (χ4n) is 8.97. The minimum Gasteiger partial charge on any atom is -0.456 e. The zero-order chi connectivity index (χ0) is 38.9. The van der Waals surface area contributed by atoms with Crippen molar-refractivity contribution in [2.75, 3.05) is 4.90 Å². The minimum atomic E-state index is 0.848. The number of hydrogen-bond acceptors (Lipinski definition) is 3. The summed E-state index contributed by atoms with van der Waals surface area (Å²) in [5.74, 6) is 0. The molecule has 3 heteroatoms. The van der Waals surface area contributed by atoms with Gasteiger partial charge >= 0.3 is 0 Å². The van der Waals surface area contributed by atoms with Crippen LogP contribution in [-0.2, 0) is 0 Å². The van der Waals surface area contributed by atoms with E-state index in [1.807, 2.05) is 6.07 Å². The smallest absolute Gasteiger partial charge is 0.145 e. The fourth-order valence-corrected chi connectivity index (χ4v) is 8.97. The number of benzene rings is 10. The van der Waals surface area contributed by atoms with Crippen molar-refractivity contribution in [1.29, 1.82) is 0 Å². The van der Waals surface area contributed by atoms with Crippen LogP contribution >= 0.6 is 0 Å². The van der Waals surface area contributed by atoms with Crippen molar-refractivity contribution < 1.29 is 8.83 Å². The van der Waals surface area contributed by atoms with Gasteiger partial charge in [0.15, 0.2) is 0 Å². The highest BCUT2D eigenvalue weighted by molar-refractivity contribution is 6.18. The van der Waals surface area contributed by atoms with Crippen molar-refractivity contribution in [3.63, 3.8) is 0 Å². The molecule has 0 radical (unpaired) electrons. The van der Waals surface area contributed by atoms with Gasteiger partial charge in [-0.1, -0.05) is 146 Å². The molecule has 59 heavy (non-hydrogen) atoms. The molecule has 0 aliphatic carbocycles. The largest absolute Gasteiger partial charge is 0.456 e. The molecule has 0 unspecified atom stereocenters. The molecule has 0 amide bonds. The Balaban J connectivity index is 1.13. The highest BCUT2D eigenvalue weighted by Gasteiger charge is 2.24. The van der Waals surface area contributed by atoms with Crippen LogP contribution in [0, 0.1) is 0 Å². The van der Waals surface area contributed by atoms with E-state index in [-0.39, 0.29) is 0 Å². The molecule has 12 aromatic rings. The molecule has 3 nitrogen and oxygen atoms in total. The second-order valence-corrected chi connectivity index (χ2v) is 15.3. The molecule has 10 aromatic carbocycles. The van der Waals surface area contributed by atoms with Crippen molar-refractivity contribution in [3.8, 4) is 33.4 Å². The van der Waals surface area contributed by atoms with Gasteiger partial charge < -0.3 is 13.7 Å². The number of fused-ring (bicyclic) bond motifs is 9. The highest BCUT2D eigenvalue weighted by atomic mass is 16.3. The Hall–Kier alpha value is -7.88. The third kappa shape index (κ3) is 5.51. The second kappa shape index (κ2) is 13.4. The Morgan fingerprint density at radius 2 is 0.864 bits per heavy atom. The van der Waals surface area contributed by atoms with Gasteiger partial charge in [-0.15, -0.1) is 0 Å². The molecule has 2 heterocycles. The first-order valence-corrected chi connectivity index (χ1v) is 20.1. The molecule has 0 fully saturated rings. The summed E-state index contributed by atoms with van der Waals surface area (Å²) in [7, 11) is 0. The summed E-state index contributed by atoms with van der Waals surface area (Å²) in [6.45, 7) is 0. The van der Waals surface area contributed by atoms with E-state index in [4.69, 9.17) is 8.83 Å². The SMILES string of the molecule is c1ccc(-c2ccc3c(c2)oc2ccc(N(c4ccc5ccc6ccccc6c5c4)c4ccc(-c5ccccc5)c5oc6cc(-c7ccccc7)ccc6c45)cc23)cc1. The van der Waals surface area contributed by atoms with E-state index in [1.165, 1.54) is 21.5 Å². The molecule has 0 saturated carbocycles. The Bertz CT molecular complexity index is 3550. The minimum absolute atomic E-state index is 0.848. The summed E-state index contributed by atoms with van der Waals surface area (Å²) in [4.78, 5) is 2.40. The molecule has 276 valence electrons. The fraction of sp³-hybridized carbons (Fsp3) is 0. The van der Waals surface area contributed by atoms with Crippen LogP contribution in [0.3, 0.4) is 0 Å². The van der Waals surface area contributed by atoms with Gasteiger partial charge in [0, 0.05) is 33.1 Å². The van der Waals surface area contributed by atoms with Crippen molar-refractivity contribution in [1.82, 2.24) is 0 Å². The molecular formula is C56H35NO2. The maximum Gasteiger partial charge on any atom is 0.145 e. The monoisotopic (exact) mass is 753 g/mol. The molecule has 2 aromatic heterocycles. The van der Waals surface area contributed by atoms with Gasteiger partial charge in [-0.05, 0) is 116 Å². The van der Waals surface area contributed by atoms with E-state index in [2.05, 4.69) is 211 Å². The predicted molar refractivity (Wildman–Crippen MR) is 247 cm³/mol. The van der Waals surface area contributed by atoms with Gasteiger partial charge in [0.1, 0.15) is 22.3 Å². The van der Waals surface area contributed by atoms with Gasteiger partial charge in [0.2, 0.25) is 0 Å². The summed E-state index contributed by atoms with van der Waals surface area (Å²) in [5, 5.41) is 9.11. The van der Waals surface area contributed by atoms with Crippen LogP contribution in [0.1, 0.15) is 0 Å². The van der Waals surface area contributed by atoms with Gasteiger partial charge in [-0.3, -0.25) is 0 Å². The molecular weight excluding hydrogens is 719 g/mol. The summed E-state index contributed by atoms with van der Waals surface area (Å²) in [5.41, 5.74) is 13.3.